The molecule has 1 atom stereocenters. The van der Waals surface area contributed by atoms with Gasteiger partial charge in [0.05, 0.1) is 0 Å². The van der Waals surface area contributed by atoms with E-state index >= 15 is 0 Å². The molecular weight excluding hydrogens is 220 g/mol. The third kappa shape index (κ3) is 2.76. The van der Waals surface area contributed by atoms with Crippen LogP contribution in [0.1, 0.15) is 31.4 Å². The lowest BCUT2D eigenvalue weighted by Crippen LogP contribution is -2.40. The zero-order chi connectivity index (χ0) is 11.5. The second-order valence-corrected chi connectivity index (χ2v) is 5.04. The van der Waals surface area contributed by atoms with E-state index in [0.717, 1.165) is 31.0 Å². The number of piperidine rings is 1. The Balaban J connectivity index is 2.04. The number of nitrogens with two attached hydrogens (primary N) is 1. The topological polar surface area (TPSA) is 29.3 Å². The lowest BCUT2D eigenvalue weighted by atomic mass is 10.0. The Hall–Kier alpha value is -0.570. The van der Waals surface area contributed by atoms with E-state index in [4.69, 9.17) is 17.3 Å². The van der Waals surface area contributed by atoms with E-state index in [1.807, 2.05) is 12.1 Å². The smallest absolute Gasteiger partial charge is 0.0409 e. The summed E-state index contributed by atoms with van der Waals surface area (Å²) in [6, 6.07) is 8.97. The van der Waals surface area contributed by atoms with Gasteiger partial charge in [-0.3, -0.25) is 4.90 Å². The van der Waals surface area contributed by atoms with Crippen LogP contribution in [0.25, 0.3) is 0 Å². The van der Waals surface area contributed by atoms with Gasteiger partial charge in [-0.25, -0.2) is 0 Å². The number of likely N-dealkylation sites (tertiary alicyclic amines) is 1. The van der Waals surface area contributed by atoms with Crippen LogP contribution in [0.3, 0.4) is 0 Å². The molecule has 1 aliphatic heterocycles. The van der Waals surface area contributed by atoms with Gasteiger partial charge >= 0.3 is 0 Å². The Kier molecular flexibility index (Phi) is 3.85. The molecule has 0 unspecified atom stereocenters. The first-order valence-corrected chi connectivity index (χ1v) is 6.29. The molecule has 2 N–H and O–H groups in total. The van der Waals surface area contributed by atoms with Crippen molar-refractivity contribution < 1.29 is 0 Å². The van der Waals surface area contributed by atoms with E-state index in [1.54, 1.807) is 0 Å². The van der Waals surface area contributed by atoms with Gasteiger partial charge in [-0.15, -0.1) is 0 Å². The van der Waals surface area contributed by atoms with Crippen LogP contribution in [0, 0.1) is 0 Å². The van der Waals surface area contributed by atoms with E-state index in [1.165, 1.54) is 5.56 Å². The maximum Gasteiger partial charge on any atom is 0.0409 e. The molecule has 0 saturated carbocycles. The minimum absolute atomic E-state index is 0.391. The third-order valence-electron chi connectivity index (χ3n) is 3.45. The summed E-state index contributed by atoms with van der Waals surface area (Å²) in [5.74, 6) is 0. The number of rotatable bonds is 2. The van der Waals surface area contributed by atoms with Gasteiger partial charge in [-0.05, 0) is 37.5 Å². The molecule has 16 heavy (non-hydrogen) atoms. The second kappa shape index (κ2) is 5.17. The summed E-state index contributed by atoms with van der Waals surface area (Å²) in [6.07, 6.45) is 2.20. The molecule has 1 aromatic carbocycles. The normalized spacial score (nSPS) is 20.9. The summed E-state index contributed by atoms with van der Waals surface area (Å²) >= 11 is 6.01. The molecule has 1 heterocycles. The Morgan fingerprint density at radius 1 is 1.38 bits per heavy atom. The molecule has 0 amide bonds. The van der Waals surface area contributed by atoms with E-state index < -0.39 is 0 Å². The van der Waals surface area contributed by atoms with Crippen LogP contribution in [-0.2, 0) is 0 Å². The molecule has 1 fully saturated rings. The Labute approximate surface area is 102 Å². The van der Waals surface area contributed by atoms with Crippen molar-refractivity contribution in [3.63, 3.8) is 0 Å². The van der Waals surface area contributed by atoms with Crippen molar-refractivity contribution in [2.24, 2.45) is 5.73 Å². The first kappa shape index (κ1) is 11.9. The van der Waals surface area contributed by atoms with Crippen molar-refractivity contribution in [3.8, 4) is 0 Å². The van der Waals surface area contributed by atoms with Crippen LogP contribution in [0.4, 0.5) is 0 Å². The number of nitrogens with zero attached hydrogens (tertiary/aromatic N) is 1. The molecule has 0 radical (unpaired) electrons. The minimum Gasteiger partial charge on any atom is -0.328 e. The molecule has 2 nitrogen and oxygen atoms in total. The molecule has 1 aliphatic rings. The Bertz CT molecular complexity index is 346. The molecule has 0 aliphatic carbocycles. The van der Waals surface area contributed by atoms with E-state index in [9.17, 15) is 0 Å². The number of hydrogen-bond acceptors (Lipinski definition) is 2. The average molecular weight is 239 g/mol. The highest BCUT2D eigenvalue weighted by atomic mass is 35.5. The first-order valence-electron chi connectivity index (χ1n) is 5.92. The van der Waals surface area contributed by atoms with Crippen LogP contribution < -0.4 is 5.73 Å². The number of hydrogen-bond donors (Lipinski definition) is 1. The van der Waals surface area contributed by atoms with Gasteiger partial charge in [-0.2, -0.15) is 0 Å². The van der Waals surface area contributed by atoms with Crippen molar-refractivity contribution in [1.82, 2.24) is 4.90 Å². The van der Waals surface area contributed by atoms with Gasteiger partial charge in [0.2, 0.25) is 0 Å². The zero-order valence-corrected chi connectivity index (χ0v) is 10.5. The van der Waals surface area contributed by atoms with Crippen LogP contribution in [-0.4, -0.2) is 24.0 Å². The Morgan fingerprint density at radius 2 is 2.06 bits per heavy atom. The van der Waals surface area contributed by atoms with Crippen LogP contribution in [0.2, 0.25) is 5.02 Å². The van der Waals surface area contributed by atoms with Gasteiger partial charge in [0, 0.05) is 30.2 Å². The largest absolute Gasteiger partial charge is 0.328 e. The van der Waals surface area contributed by atoms with Crippen LogP contribution in [0.15, 0.2) is 24.3 Å². The predicted molar refractivity (Wildman–Crippen MR) is 68.6 cm³/mol. The fourth-order valence-corrected chi connectivity index (χ4v) is 2.48. The van der Waals surface area contributed by atoms with Crippen molar-refractivity contribution in [3.05, 3.63) is 34.9 Å². The molecule has 0 spiro atoms. The monoisotopic (exact) mass is 238 g/mol. The summed E-state index contributed by atoms with van der Waals surface area (Å²) in [7, 11) is 0. The third-order valence-corrected chi connectivity index (χ3v) is 3.69. The van der Waals surface area contributed by atoms with Crippen molar-refractivity contribution in [2.75, 3.05) is 13.1 Å². The lowest BCUT2D eigenvalue weighted by Gasteiger charge is -2.35. The molecule has 88 valence electrons. The summed E-state index contributed by atoms with van der Waals surface area (Å²) in [4.78, 5) is 2.48. The molecule has 3 heteroatoms. The average Bonchev–Trinajstić information content (AvgIpc) is 2.29. The fraction of sp³-hybridized carbons (Fsp3) is 0.538. The number of benzene rings is 1. The SMILES string of the molecule is C[C@@H](c1cccc(Cl)c1)N1CCC(N)CC1. The van der Waals surface area contributed by atoms with Gasteiger partial charge in [0.15, 0.2) is 0 Å². The summed E-state index contributed by atoms with van der Waals surface area (Å²) < 4.78 is 0. The van der Waals surface area contributed by atoms with Gasteiger partial charge < -0.3 is 5.73 Å². The zero-order valence-electron chi connectivity index (χ0n) is 9.70. The summed E-state index contributed by atoms with van der Waals surface area (Å²) in [5.41, 5.74) is 7.21. The van der Waals surface area contributed by atoms with Gasteiger partial charge in [0.25, 0.3) is 0 Å². The summed E-state index contributed by atoms with van der Waals surface area (Å²) in [5, 5.41) is 0.818. The van der Waals surface area contributed by atoms with Crippen LogP contribution >= 0.6 is 11.6 Å². The quantitative estimate of drug-likeness (QED) is 0.859. The Morgan fingerprint density at radius 3 is 2.69 bits per heavy atom. The maximum absolute atomic E-state index is 6.01. The van der Waals surface area contributed by atoms with Crippen LogP contribution in [0.5, 0.6) is 0 Å². The fourth-order valence-electron chi connectivity index (χ4n) is 2.28. The minimum atomic E-state index is 0.391. The predicted octanol–water partition coefficient (Wildman–Crippen LogP) is 2.82. The molecule has 0 aromatic heterocycles. The number of halogens is 1. The highest BCUT2D eigenvalue weighted by Crippen LogP contribution is 2.25. The first-order chi connectivity index (χ1) is 7.66. The van der Waals surface area contributed by atoms with E-state index in [-0.39, 0.29) is 0 Å². The molecular formula is C13H19ClN2. The highest BCUT2D eigenvalue weighted by Gasteiger charge is 2.21. The van der Waals surface area contributed by atoms with E-state index in [0.29, 0.717) is 12.1 Å². The maximum atomic E-state index is 6.01. The molecule has 2 rings (SSSR count). The van der Waals surface area contributed by atoms with Gasteiger partial charge in [0.1, 0.15) is 0 Å². The van der Waals surface area contributed by atoms with Crippen molar-refractivity contribution in [1.29, 1.82) is 0 Å². The summed E-state index contributed by atoms with van der Waals surface area (Å²) in [6.45, 7) is 4.42. The van der Waals surface area contributed by atoms with Gasteiger partial charge in [-0.1, -0.05) is 23.7 Å². The molecule has 1 aromatic rings. The lowest BCUT2D eigenvalue weighted by molar-refractivity contribution is 0.163. The second-order valence-electron chi connectivity index (χ2n) is 4.60. The molecule has 1 saturated heterocycles. The molecule has 0 bridgehead atoms. The highest BCUT2D eigenvalue weighted by molar-refractivity contribution is 6.30. The standard InChI is InChI=1S/C13H19ClN2/c1-10(11-3-2-4-12(14)9-11)16-7-5-13(15)6-8-16/h2-4,9-10,13H,5-8,15H2,1H3/t10-/m0/s1. The van der Waals surface area contributed by atoms with E-state index in [2.05, 4.69) is 24.0 Å². The van der Waals surface area contributed by atoms with Crippen molar-refractivity contribution in [2.45, 2.75) is 31.8 Å². The van der Waals surface area contributed by atoms with Crippen molar-refractivity contribution >= 4 is 11.6 Å².